The van der Waals surface area contributed by atoms with Gasteiger partial charge in [-0.15, -0.1) is 0 Å². The van der Waals surface area contributed by atoms with Gasteiger partial charge in [0.15, 0.2) is 0 Å². The highest BCUT2D eigenvalue weighted by molar-refractivity contribution is 7.90. The summed E-state index contributed by atoms with van der Waals surface area (Å²) in [7, 11) is -4.06. The summed E-state index contributed by atoms with van der Waals surface area (Å²) in [5, 5.41) is -0.773. The lowest BCUT2D eigenvalue weighted by Crippen LogP contribution is -2.53. The highest BCUT2D eigenvalue weighted by atomic mass is 32.2. The number of sulfonamides is 1. The maximum absolute atomic E-state index is 15.5. The predicted octanol–water partition coefficient (Wildman–Crippen LogP) is 4.27. The molecular weight excluding hydrogens is 491 g/mol. The van der Waals surface area contributed by atoms with E-state index in [0.29, 0.717) is 12.8 Å². The van der Waals surface area contributed by atoms with Gasteiger partial charge in [-0.3, -0.25) is 4.79 Å². The van der Waals surface area contributed by atoms with Gasteiger partial charge in [0.25, 0.3) is 5.92 Å². The van der Waals surface area contributed by atoms with Crippen molar-refractivity contribution in [1.29, 1.82) is 0 Å². The van der Waals surface area contributed by atoms with Gasteiger partial charge < -0.3 is 4.90 Å². The van der Waals surface area contributed by atoms with Crippen molar-refractivity contribution in [2.75, 3.05) is 6.54 Å². The van der Waals surface area contributed by atoms with E-state index in [9.17, 15) is 22.0 Å². The van der Waals surface area contributed by atoms with Gasteiger partial charge in [-0.2, -0.15) is 0 Å². The van der Waals surface area contributed by atoms with Gasteiger partial charge in [0, 0.05) is 17.0 Å². The number of alkyl halides is 2. The summed E-state index contributed by atoms with van der Waals surface area (Å²) in [5.74, 6) is -7.51. The van der Waals surface area contributed by atoms with Crippen LogP contribution in [-0.2, 0) is 21.2 Å². The van der Waals surface area contributed by atoms with E-state index in [1.54, 1.807) is 0 Å². The number of nitrogens with one attached hydrogen (secondary N) is 1. The highest BCUT2D eigenvalue weighted by Crippen LogP contribution is 2.38. The second-order valence-corrected chi connectivity index (χ2v) is 11.4. The summed E-state index contributed by atoms with van der Waals surface area (Å²) < 4.78 is 101. The van der Waals surface area contributed by atoms with Crippen LogP contribution in [0.2, 0.25) is 0 Å². The van der Waals surface area contributed by atoms with E-state index < -0.39 is 75.5 Å². The van der Waals surface area contributed by atoms with Gasteiger partial charge >= 0.3 is 0 Å². The molecule has 1 saturated carbocycles. The van der Waals surface area contributed by atoms with E-state index >= 15 is 13.2 Å². The normalized spacial score (nSPS) is 22.1. The Hall–Kier alpha value is -2.53. The van der Waals surface area contributed by atoms with Gasteiger partial charge in [-0.25, -0.2) is 35.1 Å². The van der Waals surface area contributed by atoms with Crippen LogP contribution in [-0.4, -0.2) is 49.0 Å². The monoisotopic (exact) mass is 516 g/mol. The molecule has 1 N–H and O–H groups in total. The fourth-order valence-corrected chi connectivity index (χ4v) is 6.03. The van der Waals surface area contributed by atoms with Crippen LogP contribution in [0.5, 0.6) is 0 Å². The van der Waals surface area contributed by atoms with E-state index in [4.69, 9.17) is 0 Å². The van der Waals surface area contributed by atoms with E-state index in [1.807, 2.05) is 0 Å². The molecule has 0 spiro atoms. The maximum Gasteiger partial charge on any atom is 0.283 e. The number of likely N-dealkylation sites (tertiary alicyclic amines) is 1. The van der Waals surface area contributed by atoms with Crippen molar-refractivity contribution in [1.82, 2.24) is 9.62 Å². The summed E-state index contributed by atoms with van der Waals surface area (Å²) in [6.07, 6.45) is 0.244. The van der Waals surface area contributed by atoms with Crippen molar-refractivity contribution >= 4 is 15.9 Å². The molecule has 11 heteroatoms. The number of carbonyl (C=O) groups excluding carboxylic acids is 1. The lowest BCUT2D eigenvalue weighted by atomic mass is 9.95. The molecule has 4 rings (SSSR count). The Labute approximate surface area is 200 Å². The first-order chi connectivity index (χ1) is 16.3. The molecule has 1 saturated heterocycles. The Bertz CT molecular complexity index is 1250. The maximum atomic E-state index is 15.5. The molecule has 0 aromatic heterocycles. The van der Waals surface area contributed by atoms with Crippen molar-refractivity contribution in [2.45, 2.75) is 56.4 Å². The van der Waals surface area contributed by atoms with Gasteiger partial charge in [0.05, 0.1) is 17.8 Å². The molecular formula is C24H25F5N2O3S. The fraction of sp³-hybridized carbons (Fsp3) is 0.458. The first-order valence-corrected chi connectivity index (χ1v) is 12.8. The zero-order valence-electron chi connectivity index (χ0n) is 19.1. The van der Waals surface area contributed by atoms with Crippen LogP contribution < -0.4 is 4.72 Å². The quantitative estimate of drug-likeness (QED) is 0.560. The minimum atomic E-state index is -4.06. The Balaban J connectivity index is 1.74. The lowest BCUT2D eigenvalue weighted by Gasteiger charge is -2.29. The number of carbonyl (C=O) groups is 1. The van der Waals surface area contributed by atoms with Gasteiger partial charge in [0.1, 0.15) is 23.5 Å². The van der Waals surface area contributed by atoms with Crippen LogP contribution in [0.3, 0.4) is 0 Å². The van der Waals surface area contributed by atoms with Crippen LogP contribution in [0.25, 0.3) is 11.1 Å². The number of hydrogen-bond acceptors (Lipinski definition) is 3. The zero-order valence-corrected chi connectivity index (χ0v) is 19.9. The second kappa shape index (κ2) is 9.16. The molecule has 1 aliphatic heterocycles. The van der Waals surface area contributed by atoms with E-state index in [2.05, 4.69) is 4.72 Å². The topological polar surface area (TPSA) is 66.5 Å². The SMILES string of the molecule is CC(C)C(=O)N1CC(F)(F)[C@H](NS(=O)(=O)C2CC2)[C@@H]1Cc1cccc(-c2cc(F)ccc2F)c1F. The van der Waals surface area contributed by atoms with E-state index in [0.717, 1.165) is 23.1 Å². The number of rotatable bonds is 7. The lowest BCUT2D eigenvalue weighted by molar-refractivity contribution is -0.136. The molecule has 190 valence electrons. The number of halogens is 5. The molecule has 1 aliphatic carbocycles. The van der Waals surface area contributed by atoms with Gasteiger partial charge in [-0.1, -0.05) is 32.0 Å². The number of amides is 1. The van der Waals surface area contributed by atoms with Gasteiger partial charge in [-0.05, 0) is 43.0 Å². The molecule has 35 heavy (non-hydrogen) atoms. The second-order valence-electron chi connectivity index (χ2n) is 9.40. The van der Waals surface area contributed by atoms with Crippen molar-refractivity contribution in [3.05, 3.63) is 59.4 Å². The fourth-order valence-electron chi connectivity index (χ4n) is 4.40. The van der Waals surface area contributed by atoms with Crippen molar-refractivity contribution in [3.63, 3.8) is 0 Å². The molecule has 2 aromatic rings. The molecule has 2 fully saturated rings. The molecule has 2 atom stereocenters. The third-order valence-electron chi connectivity index (χ3n) is 6.38. The molecule has 0 bridgehead atoms. The van der Waals surface area contributed by atoms with Crippen LogP contribution in [0.15, 0.2) is 36.4 Å². The highest BCUT2D eigenvalue weighted by Gasteiger charge is 2.58. The van der Waals surface area contributed by atoms with Crippen LogP contribution in [0.4, 0.5) is 22.0 Å². The molecule has 1 amide bonds. The molecule has 1 heterocycles. The Morgan fingerprint density at radius 2 is 1.80 bits per heavy atom. The van der Waals surface area contributed by atoms with E-state index in [1.165, 1.54) is 32.0 Å². The molecule has 2 aromatic carbocycles. The number of hydrogen-bond donors (Lipinski definition) is 1. The molecule has 2 aliphatic rings. The van der Waals surface area contributed by atoms with Crippen LogP contribution in [0, 0.1) is 23.4 Å². The largest absolute Gasteiger partial charge is 0.331 e. The third-order valence-corrected chi connectivity index (χ3v) is 8.31. The molecule has 0 radical (unpaired) electrons. The summed E-state index contributed by atoms with van der Waals surface area (Å²) >= 11 is 0. The first-order valence-electron chi connectivity index (χ1n) is 11.2. The third kappa shape index (κ3) is 5.06. The minimum absolute atomic E-state index is 0.133. The van der Waals surface area contributed by atoms with Crippen molar-refractivity contribution in [3.8, 4) is 11.1 Å². The smallest absolute Gasteiger partial charge is 0.283 e. The Morgan fingerprint density at radius 1 is 1.11 bits per heavy atom. The van der Waals surface area contributed by atoms with Crippen LogP contribution in [0.1, 0.15) is 32.3 Å². The summed E-state index contributed by atoms with van der Waals surface area (Å²) in [6, 6.07) is 3.07. The zero-order chi connectivity index (χ0) is 25.7. The Morgan fingerprint density at radius 3 is 2.43 bits per heavy atom. The summed E-state index contributed by atoms with van der Waals surface area (Å²) in [6.45, 7) is 2.02. The number of nitrogens with zero attached hydrogens (tertiary/aromatic N) is 1. The standard InChI is InChI=1S/C24H25F5N2O3S/c1-13(2)23(32)31-12-24(28,29)22(30-35(33,34)16-7-8-16)20(31)10-14-4-3-5-17(21(14)27)18-11-15(25)6-9-19(18)26/h3-6,9,11,13,16,20,22,30H,7-8,10,12H2,1-2H3/t20-,22+/m0/s1. The number of benzene rings is 2. The summed E-state index contributed by atoms with van der Waals surface area (Å²) in [4.78, 5) is 13.7. The average Bonchev–Trinajstić information content (AvgIpc) is 3.60. The van der Waals surface area contributed by atoms with Crippen molar-refractivity contribution in [2.24, 2.45) is 5.92 Å². The van der Waals surface area contributed by atoms with E-state index in [-0.39, 0.29) is 16.7 Å². The van der Waals surface area contributed by atoms with Gasteiger partial charge in [0.2, 0.25) is 15.9 Å². The predicted molar refractivity (Wildman–Crippen MR) is 120 cm³/mol. The Kier molecular flexibility index (Phi) is 6.69. The molecule has 5 nitrogen and oxygen atoms in total. The van der Waals surface area contributed by atoms with Crippen molar-refractivity contribution < 1.29 is 35.2 Å². The minimum Gasteiger partial charge on any atom is -0.331 e. The first kappa shape index (κ1) is 25.6. The van der Waals surface area contributed by atoms with Crippen LogP contribution >= 0.6 is 0 Å². The summed E-state index contributed by atoms with van der Waals surface area (Å²) in [5.41, 5.74) is -0.755. The average molecular weight is 517 g/mol. The molecule has 0 unspecified atom stereocenters.